The van der Waals surface area contributed by atoms with Crippen LogP contribution in [0.2, 0.25) is 0 Å². The first kappa shape index (κ1) is 15.2. The molecule has 0 radical (unpaired) electrons. The third-order valence-corrected chi connectivity index (χ3v) is 6.30. The van der Waals surface area contributed by atoms with Crippen molar-refractivity contribution in [2.45, 2.75) is 51.2 Å². The van der Waals surface area contributed by atoms with Crippen LogP contribution in [0.25, 0.3) is 0 Å². The van der Waals surface area contributed by atoms with E-state index < -0.39 is 15.1 Å². The van der Waals surface area contributed by atoms with Crippen LogP contribution in [-0.4, -0.2) is 25.2 Å². The van der Waals surface area contributed by atoms with Gasteiger partial charge >= 0.3 is 0 Å². The van der Waals surface area contributed by atoms with Gasteiger partial charge in [0.15, 0.2) is 15.6 Å². The number of Topliss-reactive ketones (excluding diaryl/α,β-unsaturated/α-hetero) is 1. The van der Waals surface area contributed by atoms with Gasteiger partial charge in [-0.2, -0.15) is 0 Å². The van der Waals surface area contributed by atoms with Gasteiger partial charge in [0.25, 0.3) is 0 Å². The van der Waals surface area contributed by atoms with Crippen molar-refractivity contribution in [3.63, 3.8) is 0 Å². The minimum atomic E-state index is -3.26. The predicted molar refractivity (Wildman–Crippen MR) is 81.0 cm³/mol. The Hall–Kier alpha value is -1.16. The topological polar surface area (TPSA) is 51.2 Å². The normalized spacial score (nSPS) is 21.6. The lowest BCUT2D eigenvalue weighted by Gasteiger charge is -2.21. The summed E-state index contributed by atoms with van der Waals surface area (Å²) in [5.74, 6) is -0.0704. The Morgan fingerprint density at radius 1 is 1.15 bits per heavy atom. The first-order valence-corrected chi connectivity index (χ1v) is 9.08. The summed E-state index contributed by atoms with van der Waals surface area (Å²) in [4.78, 5) is 12.5. The fourth-order valence-electron chi connectivity index (χ4n) is 2.89. The highest BCUT2D eigenvalue weighted by molar-refractivity contribution is 7.92. The van der Waals surface area contributed by atoms with Gasteiger partial charge in [-0.25, -0.2) is 8.42 Å². The van der Waals surface area contributed by atoms with Gasteiger partial charge in [-0.3, -0.25) is 4.79 Å². The van der Waals surface area contributed by atoms with Crippen LogP contribution in [-0.2, 0) is 22.7 Å². The van der Waals surface area contributed by atoms with E-state index in [1.54, 1.807) is 6.07 Å². The minimum Gasteiger partial charge on any atom is -0.293 e. The van der Waals surface area contributed by atoms with Crippen molar-refractivity contribution in [1.82, 2.24) is 0 Å². The number of sulfone groups is 1. The van der Waals surface area contributed by atoms with E-state index in [1.165, 1.54) is 5.56 Å². The average molecular weight is 294 g/mol. The molecule has 1 saturated heterocycles. The quantitative estimate of drug-likeness (QED) is 0.802. The summed E-state index contributed by atoms with van der Waals surface area (Å²) in [6.07, 6.45) is 3.77. The lowest BCUT2D eigenvalue weighted by atomic mass is 9.96. The highest BCUT2D eigenvalue weighted by atomic mass is 32.2. The van der Waals surface area contributed by atoms with Crippen molar-refractivity contribution in [3.05, 3.63) is 34.9 Å². The monoisotopic (exact) mass is 294 g/mol. The van der Waals surface area contributed by atoms with E-state index in [4.69, 9.17) is 0 Å². The van der Waals surface area contributed by atoms with Crippen molar-refractivity contribution in [2.75, 3.05) is 5.75 Å². The molecule has 0 aromatic heterocycles. The number of ketones is 1. The van der Waals surface area contributed by atoms with Crippen molar-refractivity contribution >= 4 is 15.6 Å². The van der Waals surface area contributed by atoms with Gasteiger partial charge < -0.3 is 0 Å². The van der Waals surface area contributed by atoms with Crippen LogP contribution in [0.5, 0.6) is 0 Å². The maximum atomic E-state index is 12.5. The van der Waals surface area contributed by atoms with Crippen LogP contribution in [0, 0.1) is 0 Å². The van der Waals surface area contributed by atoms with E-state index >= 15 is 0 Å². The molecule has 1 unspecified atom stereocenters. The third kappa shape index (κ3) is 2.95. The molecule has 20 heavy (non-hydrogen) atoms. The van der Waals surface area contributed by atoms with Gasteiger partial charge in [0, 0.05) is 5.56 Å². The van der Waals surface area contributed by atoms with E-state index in [-0.39, 0.29) is 11.5 Å². The zero-order valence-electron chi connectivity index (χ0n) is 12.2. The molecule has 1 fully saturated rings. The molecular formula is C16H22O3S. The fraction of sp³-hybridized carbons (Fsp3) is 0.562. The Morgan fingerprint density at radius 2 is 1.85 bits per heavy atom. The van der Waals surface area contributed by atoms with Crippen LogP contribution in [0.3, 0.4) is 0 Å². The van der Waals surface area contributed by atoms with Crippen molar-refractivity contribution in [2.24, 2.45) is 0 Å². The standard InChI is InChI=1S/C16H22O3S/c1-3-12-8-9-14(11-13(12)4-2)16(17)15-7-5-6-10-20(15,18)19/h8-9,11,15H,3-7,10H2,1-2H3. The van der Waals surface area contributed by atoms with Crippen LogP contribution < -0.4 is 0 Å². The van der Waals surface area contributed by atoms with E-state index in [0.717, 1.165) is 24.8 Å². The Bertz CT molecular complexity index is 602. The van der Waals surface area contributed by atoms with Crippen molar-refractivity contribution in [3.8, 4) is 0 Å². The van der Waals surface area contributed by atoms with Crippen LogP contribution >= 0.6 is 0 Å². The van der Waals surface area contributed by atoms with E-state index in [0.29, 0.717) is 18.4 Å². The minimum absolute atomic E-state index is 0.150. The molecule has 4 heteroatoms. The Kier molecular flexibility index (Phi) is 4.63. The number of carbonyl (C=O) groups excluding carboxylic acids is 1. The molecule has 0 bridgehead atoms. The molecule has 0 amide bonds. The zero-order chi connectivity index (χ0) is 14.8. The van der Waals surface area contributed by atoms with E-state index in [1.807, 2.05) is 12.1 Å². The Morgan fingerprint density at radius 3 is 2.45 bits per heavy atom. The zero-order valence-corrected chi connectivity index (χ0v) is 13.0. The summed E-state index contributed by atoms with van der Waals surface area (Å²) in [5.41, 5.74) is 2.93. The Labute approximate surface area is 121 Å². The summed E-state index contributed by atoms with van der Waals surface area (Å²) in [5, 5.41) is -0.826. The highest BCUT2D eigenvalue weighted by Gasteiger charge is 2.35. The molecule has 1 aromatic rings. The number of carbonyl (C=O) groups is 1. The third-order valence-electron chi connectivity index (χ3n) is 4.12. The lowest BCUT2D eigenvalue weighted by molar-refractivity contribution is 0.0981. The van der Waals surface area contributed by atoms with E-state index in [2.05, 4.69) is 13.8 Å². The second-order valence-corrected chi connectivity index (χ2v) is 7.71. The molecule has 0 aliphatic carbocycles. The van der Waals surface area contributed by atoms with E-state index in [9.17, 15) is 13.2 Å². The van der Waals surface area contributed by atoms with Crippen LogP contribution in [0.4, 0.5) is 0 Å². The first-order chi connectivity index (χ1) is 9.49. The smallest absolute Gasteiger partial charge is 0.180 e. The number of benzene rings is 1. The highest BCUT2D eigenvalue weighted by Crippen LogP contribution is 2.24. The van der Waals surface area contributed by atoms with Gasteiger partial charge in [0.1, 0.15) is 5.25 Å². The molecule has 1 aromatic carbocycles. The fourth-order valence-corrected chi connectivity index (χ4v) is 4.77. The predicted octanol–water partition coefficient (Wildman–Crippen LogP) is 2.96. The second kappa shape index (κ2) is 6.08. The van der Waals surface area contributed by atoms with Crippen molar-refractivity contribution < 1.29 is 13.2 Å². The summed E-state index contributed by atoms with van der Waals surface area (Å²) in [6.45, 7) is 4.14. The first-order valence-electron chi connectivity index (χ1n) is 7.37. The molecule has 1 heterocycles. The maximum Gasteiger partial charge on any atom is 0.180 e. The Balaban J connectivity index is 2.33. The maximum absolute atomic E-state index is 12.5. The van der Waals surface area contributed by atoms with Gasteiger partial charge in [0.05, 0.1) is 5.75 Å². The van der Waals surface area contributed by atoms with Crippen LogP contribution in [0.1, 0.15) is 54.6 Å². The SMILES string of the molecule is CCc1ccc(C(=O)C2CCCCS2(=O)=O)cc1CC. The molecule has 0 saturated carbocycles. The molecule has 110 valence electrons. The second-order valence-electron chi connectivity index (χ2n) is 5.41. The summed E-state index contributed by atoms with van der Waals surface area (Å²) < 4.78 is 24.1. The molecule has 1 aliphatic rings. The molecule has 1 aliphatic heterocycles. The lowest BCUT2D eigenvalue weighted by Crippen LogP contribution is -2.35. The van der Waals surface area contributed by atoms with Gasteiger partial charge in [-0.1, -0.05) is 32.4 Å². The number of hydrogen-bond donors (Lipinski definition) is 0. The number of aryl methyl sites for hydroxylation is 2. The van der Waals surface area contributed by atoms with Crippen LogP contribution in [0.15, 0.2) is 18.2 Å². The molecule has 3 nitrogen and oxygen atoms in total. The van der Waals surface area contributed by atoms with Gasteiger partial charge in [-0.15, -0.1) is 0 Å². The summed E-state index contributed by atoms with van der Waals surface area (Å²) in [7, 11) is -3.26. The van der Waals surface area contributed by atoms with Gasteiger partial charge in [0.2, 0.25) is 0 Å². The largest absolute Gasteiger partial charge is 0.293 e. The molecule has 2 rings (SSSR count). The molecule has 1 atom stereocenters. The summed E-state index contributed by atoms with van der Waals surface area (Å²) in [6, 6.07) is 5.62. The summed E-state index contributed by atoms with van der Waals surface area (Å²) >= 11 is 0. The molecular weight excluding hydrogens is 272 g/mol. The van der Waals surface area contributed by atoms with Crippen molar-refractivity contribution in [1.29, 1.82) is 0 Å². The number of hydrogen-bond acceptors (Lipinski definition) is 3. The average Bonchev–Trinajstić information content (AvgIpc) is 2.45. The molecule has 0 N–H and O–H groups in total. The van der Waals surface area contributed by atoms with Gasteiger partial charge in [-0.05, 0) is 42.9 Å². The molecule has 0 spiro atoms. The number of rotatable bonds is 4.